The Labute approximate surface area is 375 Å². The molecular weight excluding hydrogens is 786 g/mol. The Kier molecular flexibility index (Phi) is 15.2. The predicted octanol–water partition coefficient (Wildman–Crippen LogP) is 14.8. The third kappa shape index (κ3) is 10.2. The lowest BCUT2D eigenvalue weighted by atomic mass is 9.78. The summed E-state index contributed by atoms with van der Waals surface area (Å²) >= 11 is 7.13. The summed E-state index contributed by atoms with van der Waals surface area (Å²) in [6.45, 7) is 0.210. The smallest absolute Gasteiger partial charge is 0.407 e. The Morgan fingerprint density at radius 2 is 1.05 bits per heavy atom. The third-order valence-corrected chi connectivity index (χ3v) is 14.4. The number of benzene rings is 5. The second-order valence-corrected chi connectivity index (χ2v) is 18.5. The zero-order chi connectivity index (χ0) is 42.6. The molecule has 2 fully saturated rings. The van der Waals surface area contributed by atoms with E-state index in [1.165, 1.54) is 107 Å². The first-order chi connectivity index (χ1) is 30.5. The molecule has 3 atom stereocenters. The van der Waals surface area contributed by atoms with Crippen LogP contribution in [-0.4, -0.2) is 24.7 Å². The van der Waals surface area contributed by atoms with Crippen molar-refractivity contribution in [1.82, 2.24) is 5.32 Å². The van der Waals surface area contributed by atoms with E-state index in [9.17, 15) is 9.59 Å². The van der Waals surface area contributed by atoms with Crippen LogP contribution in [0.2, 0.25) is 5.02 Å². The van der Waals surface area contributed by atoms with Crippen LogP contribution in [0.1, 0.15) is 161 Å². The third-order valence-electron chi connectivity index (χ3n) is 14.0. The first-order valence-electron chi connectivity index (χ1n) is 23.8. The van der Waals surface area contributed by atoms with Gasteiger partial charge in [-0.05, 0) is 65.5 Å². The molecule has 5 nitrogen and oxygen atoms in total. The lowest BCUT2D eigenvalue weighted by molar-refractivity contribution is -0.160. The zero-order valence-corrected chi connectivity index (χ0v) is 37.1. The number of alkyl carbamates (subject to hydrolysis) is 1. The van der Waals surface area contributed by atoms with Gasteiger partial charge in [-0.3, -0.25) is 4.79 Å². The number of carbonyl (C=O) groups excluding carboxylic acids is 2. The van der Waals surface area contributed by atoms with Gasteiger partial charge in [0, 0.05) is 33.7 Å². The largest absolute Gasteiger partial charge is 0.449 e. The minimum atomic E-state index is -1.33. The van der Waals surface area contributed by atoms with E-state index in [2.05, 4.69) is 53.8 Å². The average molecular weight is 851 g/mol. The van der Waals surface area contributed by atoms with Crippen molar-refractivity contribution >= 4 is 23.7 Å². The van der Waals surface area contributed by atoms with Gasteiger partial charge in [-0.2, -0.15) is 0 Å². The minimum Gasteiger partial charge on any atom is -0.449 e. The minimum absolute atomic E-state index is 0.0529. The molecule has 0 bridgehead atoms. The molecule has 6 heteroatoms. The Morgan fingerprint density at radius 1 is 0.548 bits per heavy atom. The highest BCUT2D eigenvalue weighted by molar-refractivity contribution is 6.31. The zero-order valence-electron chi connectivity index (χ0n) is 36.4. The Bertz CT molecular complexity index is 2160. The highest BCUT2D eigenvalue weighted by Crippen LogP contribution is 2.47. The second kappa shape index (κ2) is 21.5. The molecule has 0 saturated heterocycles. The highest BCUT2D eigenvalue weighted by Gasteiger charge is 2.45. The average Bonchev–Trinajstić information content (AvgIpc) is 3.62. The van der Waals surface area contributed by atoms with Gasteiger partial charge in [-0.25, -0.2) is 4.79 Å². The van der Waals surface area contributed by atoms with Gasteiger partial charge in [0.2, 0.25) is 0 Å². The summed E-state index contributed by atoms with van der Waals surface area (Å²) in [6, 6.07) is 42.8. The molecule has 1 unspecified atom stereocenters. The molecule has 5 aromatic rings. The van der Waals surface area contributed by atoms with Gasteiger partial charge in [0.05, 0.1) is 5.92 Å². The number of hydrogen-bond acceptors (Lipinski definition) is 4. The molecule has 0 spiro atoms. The summed E-state index contributed by atoms with van der Waals surface area (Å²) < 4.78 is 13.0. The van der Waals surface area contributed by atoms with Crippen LogP contribution in [0.3, 0.4) is 0 Å². The summed E-state index contributed by atoms with van der Waals surface area (Å²) in [5, 5.41) is 3.65. The molecule has 0 heterocycles. The second-order valence-electron chi connectivity index (χ2n) is 18.1. The van der Waals surface area contributed by atoms with E-state index in [0.29, 0.717) is 29.3 Å². The highest BCUT2D eigenvalue weighted by atomic mass is 35.5. The lowest BCUT2D eigenvalue weighted by Crippen LogP contribution is -2.48. The van der Waals surface area contributed by atoms with Crippen molar-refractivity contribution in [1.29, 1.82) is 0 Å². The number of esters is 1. The van der Waals surface area contributed by atoms with Crippen LogP contribution in [0, 0.1) is 5.92 Å². The predicted molar refractivity (Wildman–Crippen MR) is 252 cm³/mol. The van der Waals surface area contributed by atoms with Gasteiger partial charge >= 0.3 is 12.1 Å². The van der Waals surface area contributed by atoms with Gasteiger partial charge in [0.15, 0.2) is 5.60 Å². The fourth-order valence-electron chi connectivity index (χ4n) is 10.7. The molecule has 2 saturated carbocycles. The van der Waals surface area contributed by atoms with E-state index >= 15 is 0 Å². The van der Waals surface area contributed by atoms with Gasteiger partial charge < -0.3 is 14.8 Å². The number of halogens is 1. The number of hydrogen-bond donors (Lipinski definition) is 1. The quantitative estimate of drug-likeness (QED) is 0.119. The van der Waals surface area contributed by atoms with E-state index in [-0.39, 0.29) is 18.5 Å². The Morgan fingerprint density at radius 3 is 1.66 bits per heavy atom. The van der Waals surface area contributed by atoms with Crippen LogP contribution in [-0.2, 0) is 19.9 Å². The number of nitrogens with one attached hydrogen (secondary N) is 1. The van der Waals surface area contributed by atoms with Crippen molar-refractivity contribution in [3.05, 3.63) is 166 Å². The first kappa shape index (κ1) is 43.8. The molecule has 62 heavy (non-hydrogen) atoms. The van der Waals surface area contributed by atoms with Gasteiger partial charge in [0.1, 0.15) is 6.61 Å². The van der Waals surface area contributed by atoms with Crippen molar-refractivity contribution in [3.63, 3.8) is 0 Å². The van der Waals surface area contributed by atoms with Gasteiger partial charge in [-0.1, -0.05) is 223 Å². The van der Waals surface area contributed by atoms with E-state index in [0.717, 1.165) is 35.1 Å². The maximum atomic E-state index is 15.0. The monoisotopic (exact) mass is 849 g/mol. The van der Waals surface area contributed by atoms with Crippen LogP contribution in [0.25, 0.3) is 11.1 Å². The van der Waals surface area contributed by atoms with E-state index < -0.39 is 23.7 Å². The molecule has 5 aromatic carbocycles. The summed E-state index contributed by atoms with van der Waals surface area (Å²) in [7, 11) is 0. The van der Waals surface area contributed by atoms with E-state index in [1.54, 1.807) is 0 Å². The van der Waals surface area contributed by atoms with Crippen molar-refractivity contribution < 1.29 is 19.1 Å². The van der Waals surface area contributed by atoms with Gasteiger partial charge in [0.25, 0.3) is 0 Å². The van der Waals surface area contributed by atoms with E-state index in [4.69, 9.17) is 21.1 Å². The van der Waals surface area contributed by atoms with Crippen molar-refractivity contribution in [2.24, 2.45) is 5.92 Å². The van der Waals surface area contributed by atoms with Crippen LogP contribution < -0.4 is 5.32 Å². The van der Waals surface area contributed by atoms with Crippen LogP contribution in [0.5, 0.6) is 0 Å². The molecule has 1 N–H and O–H groups in total. The molecule has 8 rings (SSSR count). The summed E-state index contributed by atoms with van der Waals surface area (Å²) in [4.78, 5) is 28.7. The van der Waals surface area contributed by atoms with Crippen molar-refractivity contribution in [2.45, 2.75) is 139 Å². The van der Waals surface area contributed by atoms with Crippen molar-refractivity contribution in [2.75, 3.05) is 6.61 Å². The number of ether oxygens (including phenoxy) is 2. The van der Waals surface area contributed by atoms with Crippen LogP contribution >= 0.6 is 11.6 Å². The molecule has 3 aliphatic carbocycles. The molecule has 0 radical (unpaired) electrons. The topological polar surface area (TPSA) is 64.6 Å². The molecule has 0 aliphatic heterocycles. The summed E-state index contributed by atoms with van der Waals surface area (Å²) in [5.41, 5.74) is 7.08. The molecule has 324 valence electrons. The number of carbonyl (C=O) groups is 2. The summed E-state index contributed by atoms with van der Waals surface area (Å²) in [5.74, 6) is -0.482. The normalized spacial score (nSPS) is 20.3. The van der Waals surface area contributed by atoms with Crippen LogP contribution in [0.15, 0.2) is 127 Å². The molecule has 1 amide bonds. The summed E-state index contributed by atoms with van der Waals surface area (Å²) in [6.07, 6.45) is 20.9. The van der Waals surface area contributed by atoms with Gasteiger partial charge in [-0.15, -0.1) is 0 Å². The number of fused-ring (bicyclic) bond motifs is 3. The molecule has 3 aliphatic rings. The Balaban J connectivity index is 1.04. The van der Waals surface area contributed by atoms with Crippen LogP contribution in [0.4, 0.5) is 4.79 Å². The Hall–Kier alpha value is -4.87. The standard InChI is InChI=1S/C56H64ClNO4/c57-52-34-22-21-33-51(52)56(43-26-14-11-15-27-43,44-38-36-42(37-39-44)41-24-12-9-7-5-3-1-2-4-6-8-10-13-25-41)62-54(59)49-32-20-23-35-53(49)58-55(60)61-40-50-47-30-18-16-28-45(47)46-29-17-19-31-48(46)50/h11,14-19,21-22,26-31,33-34,36-39,41,49-50,53H,1-10,12-13,20,23-25,32,35,40H2,(H,58,60)/t49-,53-,56?/m1/s1. The first-order valence-corrected chi connectivity index (χ1v) is 24.2. The SMILES string of the molecule is O=C(N[C@@H]1CCCC[C@H]1C(=O)OC(c1ccccc1)(c1ccc(C2CCCCCCCCCCCCCC2)cc1)c1ccccc1Cl)OCC1c2ccccc2-c2ccccc21. The maximum Gasteiger partial charge on any atom is 0.407 e. The fourth-order valence-corrected chi connectivity index (χ4v) is 11.0. The molecular formula is C56H64ClNO4. The van der Waals surface area contributed by atoms with E-state index in [1.807, 2.05) is 78.9 Å². The van der Waals surface area contributed by atoms with Crippen molar-refractivity contribution in [3.8, 4) is 11.1 Å². The molecule has 0 aromatic heterocycles. The lowest BCUT2D eigenvalue weighted by Gasteiger charge is -2.39. The maximum absolute atomic E-state index is 15.0. The fraction of sp³-hybridized carbons (Fsp3) is 0.429. The number of amides is 1. The number of rotatable bonds is 9.